The van der Waals surface area contributed by atoms with Crippen LogP contribution in [0.4, 0.5) is 0 Å². The molecule has 3 atom stereocenters. The average molecular weight is 328 g/mol. The fourth-order valence-corrected chi connectivity index (χ4v) is 4.92. The van der Waals surface area contributed by atoms with Crippen molar-refractivity contribution >= 4 is 11.5 Å². The molecule has 4 heteroatoms. The molecule has 4 rings (SSSR count). The number of allylic oxidation sites excluding steroid dienone is 1. The van der Waals surface area contributed by atoms with Crippen LogP contribution in [0, 0.1) is 11.3 Å². The van der Waals surface area contributed by atoms with E-state index < -0.39 is 0 Å². The summed E-state index contributed by atoms with van der Waals surface area (Å²) in [5, 5.41) is 0. The largest absolute Gasteiger partial charge is 0.497 e. The molecule has 24 heavy (non-hydrogen) atoms. The summed E-state index contributed by atoms with van der Waals surface area (Å²) in [6.45, 7) is 4.44. The normalized spacial score (nSPS) is 30.8. The van der Waals surface area contributed by atoms with Gasteiger partial charge in [0, 0.05) is 24.0 Å². The highest BCUT2D eigenvalue weighted by Crippen LogP contribution is 2.58. The summed E-state index contributed by atoms with van der Waals surface area (Å²) in [6.07, 6.45) is 4.13. The monoisotopic (exact) mass is 328 g/mol. The minimum atomic E-state index is -0.168. The topological polar surface area (TPSA) is 44.8 Å². The summed E-state index contributed by atoms with van der Waals surface area (Å²) < 4.78 is 17.0. The first kappa shape index (κ1) is 15.6. The van der Waals surface area contributed by atoms with Crippen molar-refractivity contribution in [3.05, 3.63) is 29.3 Å². The summed E-state index contributed by atoms with van der Waals surface area (Å²) in [4.78, 5) is 11.5. The number of benzene rings is 1. The lowest BCUT2D eigenvalue weighted by Crippen LogP contribution is -2.40. The number of hydrogen-bond acceptors (Lipinski definition) is 4. The summed E-state index contributed by atoms with van der Waals surface area (Å²) in [5.41, 5.74) is 4.09. The number of fused-ring (bicyclic) bond motifs is 4. The molecule has 1 aliphatic heterocycles. The van der Waals surface area contributed by atoms with Gasteiger partial charge in [-0.3, -0.25) is 4.79 Å². The molecule has 3 aliphatic rings. The van der Waals surface area contributed by atoms with Gasteiger partial charge in [-0.15, -0.1) is 0 Å². The molecule has 0 radical (unpaired) electrons. The maximum atomic E-state index is 11.5. The third-order valence-electron chi connectivity index (χ3n) is 6.18. The Hall–Kier alpha value is -1.97. The maximum absolute atomic E-state index is 11.5. The van der Waals surface area contributed by atoms with Gasteiger partial charge >= 0.3 is 5.97 Å². The quantitative estimate of drug-likeness (QED) is 0.770. The van der Waals surface area contributed by atoms with E-state index in [4.69, 9.17) is 14.2 Å². The first-order valence-corrected chi connectivity index (χ1v) is 8.73. The van der Waals surface area contributed by atoms with Gasteiger partial charge in [0.15, 0.2) is 0 Å². The molecule has 128 valence electrons. The van der Waals surface area contributed by atoms with Crippen LogP contribution in [0.2, 0.25) is 0 Å². The molecular weight excluding hydrogens is 304 g/mol. The van der Waals surface area contributed by atoms with Crippen molar-refractivity contribution < 1.29 is 19.0 Å². The molecule has 0 unspecified atom stereocenters. The second kappa shape index (κ2) is 5.54. The van der Waals surface area contributed by atoms with Crippen LogP contribution in [0.3, 0.4) is 0 Å². The van der Waals surface area contributed by atoms with Gasteiger partial charge in [0.25, 0.3) is 0 Å². The summed E-state index contributed by atoms with van der Waals surface area (Å²) in [5.74, 6) is 2.03. The Bertz CT molecular complexity index is 720. The van der Waals surface area contributed by atoms with E-state index in [-0.39, 0.29) is 17.5 Å². The van der Waals surface area contributed by atoms with Crippen LogP contribution in [0.5, 0.6) is 11.5 Å². The zero-order valence-corrected chi connectivity index (χ0v) is 14.6. The zero-order valence-electron chi connectivity index (χ0n) is 14.6. The third kappa shape index (κ3) is 2.23. The molecule has 0 N–H and O–H groups in total. The number of rotatable bonds is 2. The molecule has 1 aromatic carbocycles. The molecule has 2 aliphatic carbocycles. The van der Waals surface area contributed by atoms with E-state index in [0.29, 0.717) is 12.5 Å². The first-order valence-electron chi connectivity index (χ1n) is 8.73. The lowest BCUT2D eigenvalue weighted by atomic mass is 9.64. The van der Waals surface area contributed by atoms with E-state index in [1.165, 1.54) is 23.6 Å². The molecule has 1 aromatic rings. The highest BCUT2D eigenvalue weighted by Gasteiger charge is 2.52. The average Bonchev–Trinajstić information content (AvgIpc) is 2.90. The summed E-state index contributed by atoms with van der Waals surface area (Å²) in [6, 6.07) is 6.09. The fraction of sp³-hybridized carbons (Fsp3) is 0.550. The Morgan fingerprint density at radius 2 is 2.17 bits per heavy atom. The molecule has 0 saturated heterocycles. The van der Waals surface area contributed by atoms with Crippen LogP contribution in [-0.4, -0.2) is 25.8 Å². The van der Waals surface area contributed by atoms with Gasteiger partial charge in [-0.2, -0.15) is 0 Å². The van der Waals surface area contributed by atoms with Crippen molar-refractivity contribution in [2.75, 3.05) is 13.7 Å². The van der Waals surface area contributed by atoms with E-state index >= 15 is 0 Å². The van der Waals surface area contributed by atoms with Crippen LogP contribution >= 0.6 is 0 Å². The van der Waals surface area contributed by atoms with Crippen LogP contribution in [0.1, 0.15) is 45.1 Å². The third-order valence-corrected chi connectivity index (χ3v) is 6.18. The number of esters is 1. The Kier molecular flexibility index (Phi) is 3.59. The minimum Gasteiger partial charge on any atom is -0.497 e. The van der Waals surface area contributed by atoms with E-state index in [2.05, 4.69) is 13.0 Å². The van der Waals surface area contributed by atoms with Gasteiger partial charge < -0.3 is 14.2 Å². The van der Waals surface area contributed by atoms with Gasteiger partial charge in [-0.05, 0) is 54.9 Å². The lowest BCUT2D eigenvalue weighted by molar-refractivity contribution is -0.152. The van der Waals surface area contributed by atoms with E-state index in [0.717, 1.165) is 37.2 Å². The first-order chi connectivity index (χ1) is 11.5. The Morgan fingerprint density at radius 1 is 1.33 bits per heavy atom. The molecule has 1 saturated carbocycles. The lowest BCUT2D eigenvalue weighted by Gasteiger charge is -2.43. The Labute approximate surface area is 142 Å². The van der Waals surface area contributed by atoms with Gasteiger partial charge in [-0.1, -0.05) is 6.92 Å². The number of ether oxygens (including phenoxy) is 3. The fourth-order valence-electron chi connectivity index (χ4n) is 4.92. The molecular formula is C20H24O4. The maximum Gasteiger partial charge on any atom is 0.302 e. The van der Waals surface area contributed by atoms with Gasteiger partial charge in [0.1, 0.15) is 24.2 Å². The second-order valence-corrected chi connectivity index (χ2v) is 7.39. The van der Waals surface area contributed by atoms with Crippen molar-refractivity contribution in [3.8, 4) is 11.5 Å². The SMILES string of the molecule is COc1ccc2c(c1)OCC1=C2CC[C@]2(C)[C@@H](OC(C)=O)CC[C@H]12. The van der Waals surface area contributed by atoms with E-state index in [9.17, 15) is 4.79 Å². The highest BCUT2D eigenvalue weighted by molar-refractivity contribution is 5.77. The molecule has 0 amide bonds. The number of carbonyl (C=O) groups excluding carboxylic acids is 1. The van der Waals surface area contributed by atoms with E-state index in [1.54, 1.807) is 7.11 Å². The molecule has 0 spiro atoms. The predicted molar refractivity (Wildman–Crippen MR) is 91.0 cm³/mol. The Morgan fingerprint density at radius 3 is 2.92 bits per heavy atom. The van der Waals surface area contributed by atoms with Crippen molar-refractivity contribution in [2.24, 2.45) is 11.3 Å². The number of hydrogen-bond donors (Lipinski definition) is 0. The zero-order chi connectivity index (χ0) is 16.9. The summed E-state index contributed by atoms with van der Waals surface area (Å²) >= 11 is 0. The van der Waals surface area contributed by atoms with Crippen LogP contribution in [-0.2, 0) is 9.53 Å². The predicted octanol–water partition coefficient (Wildman–Crippen LogP) is 3.98. The number of methoxy groups -OCH3 is 1. The van der Waals surface area contributed by atoms with Crippen molar-refractivity contribution in [1.29, 1.82) is 0 Å². The highest BCUT2D eigenvalue weighted by atomic mass is 16.5. The summed E-state index contributed by atoms with van der Waals surface area (Å²) in [7, 11) is 1.68. The van der Waals surface area contributed by atoms with Gasteiger partial charge in [-0.25, -0.2) is 0 Å². The molecule has 4 nitrogen and oxygen atoms in total. The van der Waals surface area contributed by atoms with Crippen LogP contribution in [0.15, 0.2) is 23.8 Å². The standard InChI is InChI=1S/C20H24O4/c1-12(21)24-19-7-6-17-16-11-23-18-10-13(22-3)4-5-15(18)14(16)8-9-20(17,19)2/h4-5,10,17,19H,6-9,11H2,1-3H3/t17-,19+,20+/m1/s1. The number of carbonyl (C=O) groups is 1. The van der Waals surface area contributed by atoms with Crippen molar-refractivity contribution in [1.82, 2.24) is 0 Å². The molecule has 0 bridgehead atoms. The minimum absolute atomic E-state index is 0.0336. The molecule has 0 aromatic heterocycles. The van der Waals surface area contributed by atoms with Crippen molar-refractivity contribution in [2.45, 2.75) is 45.6 Å². The van der Waals surface area contributed by atoms with Crippen LogP contribution < -0.4 is 9.47 Å². The second-order valence-electron chi connectivity index (χ2n) is 7.39. The smallest absolute Gasteiger partial charge is 0.302 e. The van der Waals surface area contributed by atoms with Gasteiger partial charge in [0.2, 0.25) is 0 Å². The van der Waals surface area contributed by atoms with E-state index in [1.807, 2.05) is 12.1 Å². The molecule has 1 fully saturated rings. The van der Waals surface area contributed by atoms with Gasteiger partial charge in [0.05, 0.1) is 7.11 Å². The van der Waals surface area contributed by atoms with Crippen molar-refractivity contribution in [3.63, 3.8) is 0 Å². The molecule has 1 heterocycles. The Balaban J connectivity index is 1.70. The van der Waals surface area contributed by atoms with Crippen LogP contribution in [0.25, 0.3) is 5.57 Å².